The van der Waals surface area contributed by atoms with Crippen molar-refractivity contribution < 1.29 is 224 Å². The minimum atomic E-state index is -5.02. The molecular formula is C81H119F9N2O39S. The van der Waals surface area contributed by atoms with Crippen molar-refractivity contribution in [3.05, 3.63) is 65.8 Å². The summed E-state index contributed by atoms with van der Waals surface area (Å²) in [6, 6.07) is 0.0154. The number of benzene rings is 2. The molecule has 0 spiro atoms. The molecule has 2 aliphatic rings. The van der Waals surface area contributed by atoms with Gasteiger partial charge in [-0.3, -0.25) is 47.9 Å². The Hall–Kier alpha value is -8.37. The summed E-state index contributed by atoms with van der Waals surface area (Å²) in [5.74, 6) is -28.4. The van der Waals surface area contributed by atoms with Gasteiger partial charge in [0.05, 0.1) is 296 Å². The molecule has 41 nitrogen and oxygen atoms in total. The van der Waals surface area contributed by atoms with Crippen LogP contribution in [0.1, 0.15) is 98.3 Å². The van der Waals surface area contributed by atoms with Crippen molar-refractivity contribution in [1.29, 1.82) is 0 Å². The second-order valence-electron chi connectivity index (χ2n) is 26.4. The van der Waals surface area contributed by atoms with Crippen LogP contribution >= 0.6 is 0 Å². The summed E-state index contributed by atoms with van der Waals surface area (Å²) in [4.78, 5) is 144. The summed E-state index contributed by atoms with van der Waals surface area (Å²) >= 11 is 0. The highest BCUT2D eigenvalue weighted by Gasteiger charge is 2.45. The quantitative estimate of drug-likeness (QED) is 0.0102. The van der Waals surface area contributed by atoms with Crippen molar-refractivity contribution in [1.82, 2.24) is 10.1 Å². The minimum absolute atomic E-state index is 0. The lowest BCUT2D eigenvalue weighted by molar-refractivity contribution is -0.198. The van der Waals surface area contributed by atoms with Gasteiger partial charge in [0.2, 0.25) is 52.2 Å². The number of rotatable bonds is 77. The normalized spacial score (nSPS) is 13.0. The van der Waals surface area contributed by atoms with Gasteiger partial charge in [-0.05, 0) is 27.7 Å². The van der Waals surface area contributed by atoms with E-state index < -0.39 is 140 Å². The third-order valence-corrected chi connectivity index (χ3v) is 16.7. The largest absolute Gasteiger partial charge is 0.747 e. The number of halogens is 9. The molecule has 51 heteroatoms. The summed E-state index contributed by atoms with van der Waals surface area (Å²) in [5, 5.41) is -1.57. The fraction of sp³-hybridized carbons (Fsp3) is 0.691. The van der Waals surface area contributed by atoms with E-state index in [1.165, 1.54) is 27.7 Å². The van der Waals surface area contributed by atoms with Crippen LogP contribution in [0.25, 0.3) is 0 Å². The molecule has 0 aromatic heterocycles. The number of nitrogens with zero attached hydrogens (tertiary/aromatic N) is 2. The van der Waals surface area contributed by atoms with Crippen LogP contribution in [-0.4, -0.2) is 363 Å². The number of hydroxylamine groups is 4. The van der Waals surface area contributed by atoms with Crippen molar-refractivity contribution in [3.8, 4) is 11.5 Å². The van der Waals surface area contributed by atoms with Gasteiger partial charge in [0, 0.05) is 52.0 Å². The number of carbonyl (C=O) groups excluding carboxylic acids is 12. The average Bonchev–Trinajstić information content (AvgIpc) is 0.871. The Labute approximate surface area is 757 Å². The van der Waals surface area contributed by atoms with E-state index in [0.717, 1.165) is 0 Å². The molecule has 0 N–H and O–H groups in total. The van der Waals surface area contributed by atoms with Gasteiger partial charge in [-0.15, -0.1) is 10.1 Å². The summed E-state index contributed by atoms with van der Waals surface area (Å²) in [7, 11) is -5.02. The number of ether oxygens (including phenoxy) is 22. The first-order valence-corrected chi connectivity index (χ1v) is 42.6. The molecule has 1 atom stereocenters. The third kappa shape index (κ3) is 63.7. The van der Waals surface area contributed by atoms with Gasteiger partial charge in [-0.25, -0.2) is 40.0 Å². The van der Waals surface area contributed by atoms with Gasteiger partial charge in [-0.2, -0.15) is 17.6 Å². The maximum atomic E-state index is 13.4. The fourth-order valence-corrected chi connectivity index (χ4v) is 9.60. The Kier molecular flexibility index (Phi) is 73.9. The molecule has 4 amide bonds. The first-order chi connectivity index (χ1) is 62.7. The molecule has 0 bridgehead atoms. The summed E-state index contributed by atoms with van der Waals surface area (Å²) in [6.07, 6.45) is -0.392. The van der Waals surface area contributed by atoms with Crippen LogP contribution in [0, 0.1) is 59.8 Å². The van der Waals surface area contributed by atoms with E-state index in [-0.39, 0.29) is 146 Å². The fourth-order valence-electron chi connectivity index (χ4n) is 8.91. The van der Waals surface area contributed by atoms with Crippen LogP contribution in [0.4, 0.5) is 39.5 Å². The van der Waals surface area contributed by atoms with E-state index in [9.17, 15) is 110 Å². The van der Waals surface area contributed by atoms with Crippen LogP contribution in [0.15, 0.2) is 6.07 Å². The zero-order chi connectivity index (χ0) is 97.3. The molecule has 756 valence electrons. The van der Waals surface area contributed by atoms with Crippen molar-refractivity contribution in [2.75, 3.05) is 264 Å². The maximum Gasteiger partial charge on any atom is 0.335 e. The third-order valence-electron chi connectivity index (χ3n) is 15.6. The van der Waals surface area contributed by atoms with Crippen molar-refractivity contribution in [2.24, 2.45) is 0 Å². The molecule has 2 aromatic rings. The number of Topliss-reactive ketones (excluding diaryl/α,β-unsaturated/α-hetero) is 4. The van der Waals surface area contributed by atoms with Gasteiger partial charge in [0.25, 0.3) is 23.6 Å². The molecule has 2 aliphatic heterocycles. The van der Waals surface area contributed by atoms with E-state index >= 15 is 0 Å². The molecule has 0 aliphatic carbocycles. The number of hydrogen-bond donors (Lipinski definition) is 0. The zero-order valence-electron chi connectivity index (χ0n) is 74.3. The monoisotopic (exact) mass is 1950 g/mol. The first kappa shape index (κ1) is 124. The van der Waals surface area contributed by atoms with E-state index in [4.69, 9.17) is 99.6 Å². The maximum absolute atomic E-state index is 13.4. The van der Waals surface area contributed by atoms with E-state index in [0.29, 0.717) is 222 Å². The number of imide groups is 2. The Balaban J connectivity index is 0.00000173. The highest BCUT2D eigenvalue weighted by molar-refractivity contribution is 7.87. The van der Waals surface area contributed by atoms with E-state index in [1.54, 1.807) is 0 Å². The van der Waals surface area contributed by atoms with Crippen molar-refractivity contribution >= 4 is 80.8 Å². The summed E-state index contributed by atoms with van der Waals surface area (Å²) in [6.45, 7) is 18.1. The van der Waals surface area contributed by atoms with Crippen LogP contribution in [-0.2, 0) is 172 Å². The van der Waals surface area contributed by atoms with E-state index in [2.05, 4.69) is 14.3 Å². The Morgan fingerprint density at radius 2 is 0.477 bits per heavy atom. The first-order valence-electron chi connectivity index (χ1n) is 41.1. The standard InChI is InChI=1S/C21H27F5O8.C21H28F4O8.C19H31NO13S.C19H31NO10.CH3/c1-14(27)2-4-29-6-8-31-10-12-33-13-11-32-9-7-30-5-3-15(28)34-21-19(25)17(23)16(22)18(24)20(21)26;1-15(26)2-4-28-6-8-30-10-12-32-13-11-31-9-7-29-5-3-18(27)33-21-19(24)16(22)14-17(23)20(21)25;1-15(21)2-4-28-6-8-30-10-12-32-13-11-31-9-7-29-5-3-18(23)33-20-17(22)14-16(19(20)24)34(25,26)27;1-16(21)4-6-25-8-10-27-12-14-29-15-13-28-11-9-26-7-5-19(24)30-20-17(22)2-3-18(20)23;/h2-13H2,1H3;14H,2-13H2,1H3;16H,2-14H2,1H3,(H,25,26,27);2-15H2,1H3;1H3/q;;;;+1/p-1. The van der Waals surface area contributed by atoms with Gasteiger partial charge >= 0.3 is 23.9 Å². The molecule has 2 saturated heterocycles. The summed E-state index contributed by atoms with van der Waals surface area (Å²) < 4.78 is 265. The molecule has 1 unspecified atom stereocenters. The zero-order valence-corrected chi connectivity index (χ0v) is 75.2. The lowest BCUT2D eigenvalue weighted by atomic mass is 10.2. The Morgan fingerprint density at radius 3 is 0.689 bits per heavy atom. The number of hydrogen-bond acceptors (Lipinski definition) is 39. The topological polar surface area (TPSA) is 490 Å². The molecule has 2 heterocycles. The lowest BCUT2D eigenvalue weighted by Crippen LogP contribution is -2.36. The van der Waals surface area contributed by atoms with Crippen LogP contribution in [0.5, 0.6) is 11.5 Å². The Bertz CT molecular complexity index is 3700. The highest BCUT2D eigenvalue weighted by atomic mass is 32.2. The SMILES string of the molecule is CC(=O)CCOCCOCCOCCOCCOCCC(=O)ON1C(=O)CC(S(=O)(=O)[O-])C1=O.CC(=O)CCOCCOCCOCCOCCOCCC(=O)ON1C(=O)CCC1=O.CC(=O)CCOCCOCCOCCOCCOCCC(=O)Oc1c(F)c(F)c(F)c(F)c1F.CC(=O)CCOCCOCCOCCOCCOCCC(=O)Oc1c(F)c(F)cc(F)c1F.[CH3+]. The van der Waals surface area contributed by atoms with Gasteiger partial charge in [0.15, 0.2) is 11.6 Å². The summed E-state index contributed by atoms with van der Waals surface area (Å²) in [5.41, 5.74) is 0. The molecular weight excluding hydrogens is 1830 g/mol. The van der Waals surface area contributed by atoms with Crippen LogP contribution in [0.2, 0.25) is 0 Å². The van der Waals surface area contributed by atoms with E-state index in [1.807, 2.05) is 0 Å². The molecule has 4 rings (SSSR count). The number of carbonyl (C=O) groups is 12. The van der Waals surface area contributed by atoms with Gasteiger partial charge in [-0.1, -0.05) is 0 Å². The number of ketones is 4. The number of esters is 2. The second-order valence-corrected chi connectivity index (χ2v) is 28.0. The molecule has 132 heavy (non-hydrogen) atoms. The van der Waals surface area contributed by atoms with Gasteiger partial charge < -0.3 is 118 Å². The highest BCUT2D eigenvalue weighted by Crippen LogP contribution is 2.30. The molecule has 2 aromatic carbocycles. The molecule has 0 saturated carbocycles. The van der Waals surface area contributed by atoms with Crippen LogP contribution in [0.3, 0.4) is 0 Å². The predicted molar refractivity (Wildman–Crippen MR) is 429 cm³/mol. The minimum Gasteiger partial charge on any atom is -0.747 e. The average molecular weight is 1950 g/mol. The smallest absolute Gasteiger partial charge is 0.335 e. The van der Waals surface area contributed by atoms with Gasteiger partial charge in [0.1, 0.15) is 38.5 Å². The molecule has 2 fully saturated rings. The second kappa shape index (κ2) is 78.9. The number of amides is 4. The lowest BCUT2D eigenvalue weighted by Gasteiger charge is -2.15. The van der Waals surface area contributed by atoms with Crippen molar-refractivity contribution in [2.45, 2.75) is 104 Å². The predicted octanol–water partition coefficient (Wildman–Crippen LogP) is 4.41. The Morgan fingerprint density at radius 1 is 0.288 bits per heavy atom. The van der Waals surface area contributed by atoms with Crippen molar-refractivity contribution in [3.63, 3.8) is 0 Å². The van der Waals surface area contributed by atoms with Crippen LogP contribution < -0.4 is 9.47 Å². The molecule has 0 radical (unpaired) electrons.